The van der Waals surface area contributed by atoms with Gasteiger partial charge in [0.2, 0.25) is 0 Å². The number of nitrogens with one attached hydrogen (secondary N) is 1. The van der Waals surface area contributed by atoms with E-state index in [2.05, 4.69) is 10.1 Å². The van der Waals surface area contributed by atoms with E-state index >= 15 is 0 Å². The highest BCUT2D eigenvalue weighted by molar-refractivity contribution is 5.96. The van der Waals surface area contributed by atoms with Gasteiger partial charge in [-0.05, 0) is 29.8 Å². The van der Waals surface area contributed by atoms with Crippen molar-refractivity contribution in [1.82, 2.24) is 5.32 Å². The summed E-state index contributed by atoms with van der Waals surface area (Å²) in [5.74, 6) is 0.197. The number of rotatable bonds is 6. The fourth-order valence-corrected chi connectivity index (χ4v) is 2.02. The molecular formula is C17H16F3NO3. The molecule has 1 N–H and O–H groups in total. The summed E-state index contributed by atoms with van der Waals surface area (Å²) in [5.41, 5.74) is 1.00. The summed E-state index contributed by atoms with van der Waals surface area (Å²) in [6.45, 7) is -1.20. The minimum absolute atomic E-state index is 0.0939. The number of halogens is 3. The van der Waals surface area contributed by atoms with E-state index in [0.29, 0.717) is 16.9 Å². The van der Waals surface area contributed by atoms with Crippen LogP contribution in [0.25, 0.3) is 0 Å². The molecule has 4 nitrogen and oxygen atoms in total. The number of methoxy groups -OCH3 is 1. The van der Waals surface area contributed by atoms with Gasteiger partial charge in [-0.3, -0.25) is 4.79 Å². The van der Waals surface area contributed by atoms with Gasteiger partial charge < -0.3 is 14.8 Å². The summed E-state index contributed by atoms with van der Waals surface area (Å²) >= 11 is 0. The number of ether oxygens (including phenoxy) is 2. The third kappa shape index (κ3) is 5.19. The molecule has 0 bridgehead atoms. The maximum Gasteiger partial charge on any atom is 0.422 e. The summed E-state index contributed by atoms with van der Waals surface area (Å²) in [7, 11) is 1.47. The molecule has 0 aromatic heterocycles. The Morgan fingerprint density at radius 2 is 1.88 bits per heavy atom. The van der Waals surface area contributed by atoms with Gasteiger partial charge in [0, 0.05) is 6.54 Å². The van der Waals surface area contributed by atoms with Crippen LogP contribution in [0.3, 0.4) is 0 Å². The van der Waals surface area contributed by atoms with E-state index in [1.807, 2.05) is 0 Å². The zero-order chi connectivity index (χ0) is 17.6. The Kier molecular flexibility index (Phi) is 5.68. The van der Waals surface area contributed by atoms with Crippen molar-refractivity contribution in [2.24, 2.45) is 0 Å². The van der Waals surface area contributed by atoms with Crippen LogP contribution in [0.1, 0.15) is 15.9 Å². The largest absolute Gasteiger partial charge is 0.496 e. The van der Waals surface area contributed by atoms with Gasteiger partial charge in [-0.1, -0.05) is 24.3 Å². The summed E-state index contributed by atoms with van der Waals surface area (Å²) in [4.78, 5) is 12.2. The van der Waals surface area contributed by atoms with E-state index in [4.69, 9.17) is 4.74 Å². The second-order valence-corrected chi connectivity index (χ2v) is 4.93. The summed E-state index contributed by atoms with van der Waals surface area (Å²) in [6.07, 6.45) is -4.39. The van der Waals surface area contributed by atoms with Crippen LogP contribution in [0.2, 0.25) is 0 Å². The normalized spacial score (nSPS) is 11.0. The third-order valence-corrected chi connectivity index (χ3v) is 3.11. The molecule has 0 atom stereocenters. The van der Waals surface area contributed by atoms with Crippen LogP contribution >= 0.6 is 0 Å². The van der Waals surface area contributed by atoms with Gasteiger partial charge in [-0.2, -0.15) is 13.2 Å². The highest BCUT2D eigenvalue weighted by atomic mass is 19.4. The summed E-state index contributed by atoms with van der Waals surface area (Å²) < 4.78 is 46.3. The lowest BCUT2D eigenvalue weighted by Gasteiger charge is -2.11. The first-order valence-electron chi connectivity index (χ1n) is 7.09. The second kappa shape index (κ2) is 7.72. The van der Waals surface area contributed by atoms with Crippen LogP contribution in [0.5, 0.6) is 11.5 Å². The van der Waals surface area contributed by atoms with Gasteiger partial charge in [-0.15, -0.1) is 0 Å². The molecule has 2 aromatic rings. The maximum absolute atomic E-state index is 12.2. The third-order valence-electron chi connectivity index (χ3n) is 3.11. The highest BCUT2D eigenvalue weighted by Gasteiger charge is 2.28. The molecule has 0 aliphatic carbocycles. The van der Waals surface area contributed by atoms with Gasteiger partial charge in [0.1, 0.15) is 11.5 Å². The van der Waals surface area contributed by atoms with Gasteiger partial charge in [0.15, 0.2) is 6.61 Å². The Bertz CT molecular complexity index is 701. The van der Waals surface area contributed by atoms with E-state index in [9.17, 15) is 18.0 Å². The smallest absolute Gasteiger partial charge is 0.422 e. The summed E-state index contributed by atoms with van der Waals surface area (Å²) in [5, 5.41) is 2.69. The van der Waals surface area contributed by atoms with Crippen LogP contribution in [0, 0.1) is 0 Å². The highest BCUT2D eigenvalue weighted by Crippen LogP contribution is 2.20. The monoisotopic (exact) mass is 339 g/mol. The number of hydrogen-bond donors (Lipinski definition) is 1. The molecule has 0 saturated carbocycles. The van der Waals surface area contributed by atoms with Crippen LogP contribution in [0.15, 0.2) is 48.5 Å². The Morgan fingerprint density at radius 3 is 2.58 bits per heavy atom. The molecule has 1 amide bonds. The molecule has 0 saturated heterocycles. The molecule has 7 heteroatoms. The van der Waals surface area contributed by atoms with Crippen molar-refractivity contribution in [2.75, 3.05) is 13.7 Å². The molecule has 0 aliphatic heterocycles. The zero-order valence-electron chi connectivity index (χ0n) is 12.9. The first-order chi connectivity index (χ1) is 11.4. The number of para-hydroxylation sites is 1. The van der Waals surface area contributed by atoms with Gasteiger partial charge >= 0.3 is 6.18 Å². The second-order valence-electron chi connectivity index (χ2n) is 4.93. The van der Waals surface area contributed by atoms with Crippen molar-refractivity contribution in [3.63, 3.8) is 0 Å². The molecular weight excluding hydrogens is 323 g/mol. The predicted molar refractivity (Wildman–Crippen MR) is 82.2 cm³/mol. The molecule has 0 fully saturated rings. The molecule has 0 radical (unpaired) electrons. The lowest BCUT2D eigenvalue weighted by atomic mass is 10.1. The molecule has 2 aromatic carbocycles. The Hall–Kier alpha value is -2.70. The van der Waals surface area contributed by atoms with Crippen molar-refractivity contribution in [3.8, 4) is 11.5 Å². The average molecular weight is 339 g/mol. The van der Waals surface area contributed by atoms with Crippen molar-refractivity contribution in [2.45, 2.75) is 12.7 Å². The fraction of sp³-hybridized carbons (Fsp3) is 0.235. The van der Waals surface area contributed by atoms with E-state index in [-0.39, 0.29) is 18.2 Å². The standard InChI is InChI=1S/C17H16F3NO3/c1-23-15-8-3-2-7-14(15)16(22)21-10-12-5-4-6-13(9-12)24-11-17(18,19)20/h2-9H,10-11H2,1H3,(H,21,22). The Morgan fingerprint density at radius 1 is 1.12 bits per heavy atom. The molecule has 0 spiro atoms. The van der Waals surface area contributed by atoms with Gasteiger partial charge in [-0.25, -0.2) is 0 Å². The quantitative estimate of drug-likeness (QED) is 0.875. The molecule has 0 heterocycles. The van der Waals surface area contributed by atoms with E-state index in [1.54, 1.807) is 36.4 Å². The number of carbonyl (C=O) groups is 1. The molecule has 0 aliphatic rings. The van der Waals surface area contributed by atoms with Crippen LogP contribution in [0.4, 0.5) is 13.2 Å². The van der Waals surface area contributed by atoms with Gasteiger partial charge in [0.05, 0.1) is 12.7 Å². The Labute approximate surface area is 137 Å². The SMILES string of the molecule is COc1ccccc1C(=O)NCc1cccc(OCC(F)(F)F)c1. The number of carbonyl (C=O) groups excluding carboxylic acids is 1. The Balaban J connectivity index is 1.98. The average Bonchev–Trinajstić information content (AvgIpc) is 2.57. The molecule has 128 valence electrons. The number of alkyl halides is 3. The minimum Gasteiger partial charge on any atom is -0.496 e. The fourth-order valence-electron chi connectivity index (χ4n) is 2.02. The zero-order valence-corrected chi connectivity index (χ0v) is 12.9. The summed E-state index contributed by atoms with van der Waals surface area (Å²) in [6, 6.07) is 12.9. The molecule has 2 rings (SSSR count). The number of hydrogen-bond acceptors (Lipinski definition) is 3. The van der Waals surface area contributed by atoms with Crippen molar-refractivity contribution >= 4 is 5.91 Å². The van der Waals surface area contributed by atoms with E-state index in [0.717, 1.165) is 0 Å². The van der Waals surface area contributed by atoms with E-state index < -0.39 is 12.8 Å². The molecule has 24 heavy (non-hydrogen) atoms. The van der Waals surface area contributed by atoms with Crippen LogP contribution in [-0.2, 0) is 6.54 Å². The van der Waals surface area contributed by atoms with Crippen molar-refractivity contribution < 1.29 is 27.4 Å². The minimum atomic E-state index is -4.39. The lowest BCUT2D eigenvalue weighted by molar-refractivity contribution is -0.153. The maximum atomic E-state index is 12.2. The number of benzene rings is 2. The van der Waals surface area contributed by atoms with E-state index in [1.165, 1.54) is 19.2 Å². The topological polar surface area (TPSA) is 47.6 Å². The first-order valence-corrected chi connectivity index (χ1v) is 7.09. The lowest BCUT2D eigenvalue weighted by Crippen LogP contribution is -2.23. The van der Waals surface area contributed by atoms with Gasteiger partial charge in [0.25, 0.3) is 5.91 Å². The van der Waals surface area contributed by atoms with Crippen molar-refractivity contribution in [1.29, 1.82) is 0 Å². The van der Waals surface area contributed by atoms with Crippen molar-refractivity contribution in [3.05, 3.63) is 59.7 Å². The first kappa shape index (κ1) is 17.7. The van der Waals surface area contributed by atoms with Crippen LogP contribution < -0.4 is 14.8 Å². The predicted octanol–water partition coefficient (Wildman–Crippen LogP) is 3.57. The van der Waals surface area contributed by atoms with Crippen LogP contribution in [-0.4, -0.2) is 25.8 Å². The number of amides is 1. The molecule has 0 unspecified atom stereocenters.